The number of amides is 1. The summed E-state index contributed by atoms with van der Waals surface area (Å²) in [6, 6.07) is 3.04. The van der Waals surface area contributed by atoms with E-state index in [2.05, 4.69) is 5.32 Å². The lowest BCUT2D eigenvalue weighted by molar-refractivity contribution is -0.116. The Kier molecular flexibility index (Phi) is 6.84. The van der Waals surface area contributed by atoms with Gasteiger partial charge in [0.2, 0.25) is 5.91 Å². The van der Waals surface area contributed by atoms with Crippen LogP contribution in [0.25, 0.3) is 0 Å². The molecule has 3 N–H and O–H groups in total. The SMILES string of the molecule is COCCn1cc(NC(=O)CCCCN)ccc1=O. The third-order valence-corrected chi connectivity index (χ3v) is 2.66. The van der Waals surface area contributed by atoms with Crippen LogP contribution in [-0.2, 0) is 16.1 Å². The molecule has 106 valence electrons. The maximum absolute atomic E-state index is 11.6. The van der Waals surface area contributed by atoms with Gasteiger partial charge in [-0.05, 0) is 25.5 Å². The van der Waals surface area contributed by atoms with E-state index in [0.29, 0.717) is 31.8 Å². The molecule has 0 aliphatic rings. The first-order chi connectivity index (χ1) is 9.17. The van der Waals surface area contributed by atoms with Gasteiger partial charge in [-0.3, -0.25) is 9.59 Å². The zero-order chi connectivity index (χ0) is 14.1. The Bertz CT molecular complexity index is 457. The quantitative estimate of drug-likeness (QED) is 0.674. The van der Waals surface area contributed by atoms with Crippen LogP contribution in [0.2, 0.25) is 0 Å². The molecule has 1 rings (SSSR count). The summed E-state index contributed by atoms with van der Waals surface area (Å²) < 4.78 is 6.44. The lowest BCUT2D eigenvalue weighted by Crippen LogP contribution is -2.22. The summed E-state index contributed by atoms with van der Waals surface area (Å²) >= 11 is 0. The molecule has 0 unspecified atom stereocenters. The number of nitrogens with two attached hydrogens (primary N) is 1. The maximum atomic E-state index is 11.6. The zero-order valence-electron chi connectivity index (χ0n) is 11.2. The number of aromatic nitrogens is 1. The van der Waals surface area contributed by atoms with Crippen molar-refractivity contribution in [2.45, 2.75) is 25.8 Å². The fourth-order valence-corrected chi connectivity index (χ4v) is 1.62. The van der Waals surface area contributed by atoms with Gasteiger partial charge in [-0.1, -0.05) is 0 Å². The first-order valence-electron chi connectivity index (χ1n) is 6.36. The highest BCUT2D eigenvalue weighted by Gasteiger charge is 2.04. The van der Waals surface area contributed by atoms with Gasteiger partial charge in [-0.15, -0.1) is 0 Å². The third kappa shape index (κ3) is 5.67. The second-order valence-corrected chi connectivity index (χ2v) is 4.24. The van der Waals surface area contributed by atoms with Crippen molar-refractivity contribution in [1.82, 2.24) is 4.57 Å². The number of carbonyl (C=O) groups is 1. The van der Waals surface area contributed by atoms with E-state index in [0.717, 1.165) is 12.8 Å². The van der Waals surface area contributed by atoms with E-state index in [1.165, 1.54) is 10.6 Å². The molecule has 0 aromatic carbocycles. The summed E-state index contributed by atoms with van der Waals surface area (Å²) in [5.74, 6) is -0.0645. The Balaban J connectivity index is 2.58. The van der Waals surface area contributed by atoms with E-state index in [9.17, 15) is 9.59 Å². The van der Waals surface area contributed by atoms with Crippen molar-refractivity contribution < 1.29 is 9.53 Å². The summed E-state index contributed by atoms with van der Waals surface area (Å²) in [5.41, 5.74) is 5.87. The van der Waals surface area contributed by atoms with E-state index in [4.69, 9.17) is 10.5 Å². The van der Waals surface area contributed by atoms with Crippen LogP contribution in [-0.4, -0.2) is 30.7 Å². The first kappa shape index (κ1) is 15.4. The largest absolute Gasteiger partial charge is 0.383 e. The van der Waals surface area contributed by atoms with E-state index in [1.54, 1.807) is 19.4 Å². The van der Waals surface area contributed by atoms with Crippen molar-refractivity contribution in [2.24, 2.45) is 5.73 Å². The fraction of sp³-hybridized carbons (Fsp3) is 0.538. The van der Waals surface area contributed by atoms with E-state index in [1.807, 2.05) is 0 Å². The van der Waals surface area contributed by atoms with Gasteiger partial charge in [0.15, 0.2) is 0 Å². The van der Waals surface area contributed by atoms with E-state index in [-0.39, 0.29) is 11.5 Å². The molecule has 0 aliphatic heterocycles. The zero-order valence-corrected chi connectivity index (χ0v) is 11.2. The molecule has 0 radical (unpaired) electrons. The van der Waals surface area contributed by atoms with Crippen molar-refractivity contribution in [3.8, 4) is 0 Å². The lowest BCUT2D eigenvalue weighted by Gasteiger charge is -2.09. The van der Waals surface area contributed by atoms with Gasteiger partial charge in [0, 0.05) is 32.3 Å². The Morgan fingerprint density at radius 1 is 1.42 bits per heavy atom. The van der Waals surface area contributed by atoms with E-state index >= 15 is 0 Å². The first-order valence-corrected chi connectivity index (χ1v) is 6.36. The number of methoxy groups -OCH3 is 1. The fourth-order valence-electron chi connectivity index (χ4n) is 1.62. The molecule has 0 fully saturated rings. The Hall–Kier alpha value is -1.66. The normalized spacial score (nSPS) is 10.4. The molecule has 1 amide bonds. The standard InChI is InChI=1S/C13H21N3O3/c1-19-9-8-16-10-11(5-6-13(16)18)15-12(17)4-2-3-7-14/h5-6,10H,2-4,7-9,14H2,1H3,(H,15,17). The number of hydrogen-bond donors (Lipinski definition) is 2. The Morgan fingerprint density at radius 2 is 2.21 bits per heavy atom. The second-order valence-electron chi connectivity index (χ2n) is 4.24. The number of anilines is 1. The van der Waals surface area contributed by atoms with Crippen molar-refractivity contribution in [3.63, 3.8) is 0 Å². The van der Waals surface area contributed by atoms with Crippen LogP contribution < -0.4 is 16.6 Å². The Labute approximate surface area is 112 Å². The monoisotopic (exact) mass is 267 g/mol. The van der Waals surface area contributed by atoms with Crippen molar-refractivity contribution in [2.75, 3.05) is 25.6 Å². The highest BCUT2D eigenvalue weighted by Crippen LogP contribution is 2.05. The highest BCUT2D eigenvalue weighted by molar-refractivity contribution is 5.90. The van der Waals surface area contributed by atoms with Crippen LogP contribution in [0.3, 0.4) is 0 Å². The summed E-state index contributed by atoms with van der Waals surface area (Å²) in [5, 5.41) is 2.76. The van der Waals surface area contributed by atoms with Crippen molar-refractivity contribution >= 4 is 11.6 Å². The summed E-state index contributed by atoms with van der Waals surface area (Å²) in [6.45, 7) is 1.51. The third-order valence-electron chi connectivity index (χ3n) is 2.66. The average Bonchev–Trinajstić information content (AvgIpc) is 2.39. The molecule has 0 bridgehead atoms. The van der Waals surface area contributed by atoms with Crippen LogP contribution in [0.5, 0.6) is 0 Å². The number of nitrogens with one attached hydrogen (secondary N) is 1. The molecule has 0 saturated heterocycles. The van der Waals surface area contributed by atoms with E-state index < -0.39 is 0 Å². The number of rotatable bonds is 8. The van der Waals surface area contributed by atoms with Gasteiger partial charge in [-0.25, -0.2) is 0 Å². The predicted octanol–water partition coefficient (Wildman–Crippen LogP) is 0.562. The molecule has 1 aromatic heterocycles. The van der Waals surface area contributed by atoms with Gasteiger partial charge in [0.25, 0.3) is 5.56 Å². The molecular weight excluding hydrogens is 246 g/mol. The maximum Gasteiger partial charge on any atom is 0.250 e. The molecule has 0 aliphatic carbocycles. The molecule has 1 aromatic rings. The van der Waals surface area contributed by atoms with Crippen molar-refractivity contribution in [1.29, 1.82) is 0 Å². The highest BCUT2D eigenvalue weighted by atomic mass is 16.5. The number of nitrogens with zero attached hydrogens (tertiary/aromatic N) is 1. The van der Waals surface area contributed by atoms with Crippen LogP contribution in [0.15, 0.2) is 23.1 Å². The predicted molar refractivity (Wildman–Crippen MR) is 74.1 cm³/mol. The van der Waals surface area contributed by atoms with Gasteiger partial charge >= 0.3 is 0 Å². The van der Waals surface area contributed by atoms with Crippen molar-refractivity contribution in [3.05, 3.63) is 28.7 Å². The van der Waals surface area contributed by atoms with Gasteiger partial charge < -0.3 is 20.4 Å². The summed E-state index contributed by atoms with van der Waals surface area (Å²) in [6.07, 6.45) is 3.67. The minimum Gasteiger partial charge on any atom is -0.383 e. The Morgan fingerprint density at radius 3 is 2.89 bits per heavy atom. The van der Waals surface area contributed by atoms with Crippen LogP contribution in [0, 0.1) is 0 Å². The summed E-state index contributed by atoms with van der Waals surface area (Å²) in [7, 11) is 1.58. The van der Waals surface area contributed by atoms with Crippen LogP contribution in [0.4, 0.5) is 5.69 Å². The number of pyridine rings is 1. The molecule has 19 heavy (non-hydrogen) atoms. The van der Waals surface area contributed by atoms with Crippen LogP contribution >= 0.6 is 0 Å². The minimum absolute atomic E-state index is 0.0645. The van der Waals surface area contributed by atoms with Gasteiger partial charge in [0.05, 0.1) is 12.3 Å². The molecule has 1 heterocycles. The smallest absolute Gasteiger partial charge is 0.250 e. The number of hydrogen-bond acceptors (Lipinski definition) is 4. The summed E-state index contributed by atoms with van der Waals surface area (Å²) in [4.78, 5) is 23.2. The molecule has 0 saturated carbocycles. The minimum atomic E-state index is -0.113. The molecule has 6 heteroatoms. The molecular formula is C13H21N3O3. The molecule has 6 nitrogen and oxygen atoms in total. The lowest BCUT2D eigenvalue weighted by atomic mass is 10.2. The number of unbranched alkanes of at least 4 members (excludes halogenated alkanes) is 1. The van der Waals surface area contributed by atoms with Crippen LogP contribution in [0.1, 0.15) is 19.3 Å². The molecule has 0 atom stereocenters. The number of ether oxygens (including phenoxy) is 1. The molecule has 0 spiro atoms. The second kappa shape index (κ2) is 8.44. The number of carbonyl (C=O) groups excluding carboxylic acids is 1. The topological polar surface area (TPSA) is 86.3 Å². The van der Waals surface area contributed by atoms with Gasteiger partial charge in [-0.2, -0.15) is 0 Å². The average molecular weight is 267 g/mol. The van der Waals surface area contributed by atoms with Gasteiger partial charge in [0.1, 0.15) is 0 Å².